The Balaban J connectivity index is 1.58. The van der Waals surface area contributed by atoms with E-state index in [1.807, 2.05) is 19.1 Å². The number of carbonyl (C=O) groups excluding carboxylic acids is 1. The van der Waals surface area contributed by atoms with Crippen molar-refractivity contribution >= 4 is 27.8 Å². The Kier molecular flexibility index (Phi) is 7.00. The number of hydrogen-bond donors (Lipinski definition) is 1. The largest absolute Gasteiger partial charge is 0.467 e. The minimum atomic E-state index is -3.86. The van der Waals surface area contributed by atoms with Crippen LogP contribution in [-0.4, -0.2) is 32.6 Å². The van der Waals surface area contributed by atoms with E-state index in [0.717, 1.165) is 11.0 Å². The van der Waals surface area contributed by atoms with Crippen molar-refractivity contribution in [2.75, 3.05) is 13.3 Å². The first kappa shape index (κ1) is 22.4. The number of nitro benzene ring substituents is 1. The molecule has 1 aliphatic heterocycles. The summed E-state index contributed by atoms with van der Waals surface area (Å²) < 4.78 is 41.8. The quantitative estimate of drug-likeness (QED) is 0.370. The second kappa shape index (κ2) is 9.69. The van der Waals surface area contributed by atoms with E-state index in [1.54, 1.807) is 12.1 Å². The zero-order valence-corrected chi connectivity index (χ0v) is 17.4. The van der Waals surface area contributed by atoms with Crippen LogP contribution in [0, 0.1) is 17.0 Å². The molecule has 1 N–H and O–H groups in total. The molecule has 1 heterocycles. The highest BCUT2D eigenvalue weighted by Gasteiger charge is 2.22. The van der Waals surface area contributed by atoms with Crippen molar-refractivity contribution < 1.29 is 32.3 Å². The number of non-ortho nitro benzene ring substituents is 1. The third-order valence-electron chi connectivity index (χ3n) is 4.31. The topological polar surface area (TPSA) is 134 Å². The molecule has 3 rings (SSSR count). The number of hydrogen-bond acceptors (Lipinski definition) is 8. The smallest absolute Gasteiger partial charge is 0.321 e. The van der Waals surface area contributed by atoms with Crippen LogP contribution < -0.4 is 9.46 Å². The normalized spacial score (nSPS) is 13.5. The molecule has 0 saturated carbocycles. The first-order valence-electron chi connectivity index (χ1n) is 9.14. The molecule has 1 aliphatic rings. The van der Waals surface area contributed by atoms with Crippen LogP contribution in [0.1, 0.15) is 22.3 Å². The van der Waals surface area contributed by atoms with Crippen molar-refractivity contribution in [1.29, 1.82) is 0 Å². The van der Waals surface area contributed by atoms with Crippen LogP contribution in [-0.2, 0) is 37.5 Å². The van der Waals surface area contributed by atoms with Crippen molar-refractivity contribution in [3.63, 3.8) is 0 Å². The molecule has 0 bridgehead atoms. The lowest BCUT2D eigenvalue weighted by atomic mass is 10.1. The Morgan fingerprint density at radius 1 is 1.29 bits per heavy atom. The number of aryl methyl sites for hydroxylation is 1. The molecule has 2 aromatic rings. The van der Waals surface area contributed by atoms with Crippen LogP contribution in [0.2, 0.25) is 0 Å². The van der Waals surface area contributed by atoms with Gasteiger partial charge in [0.25, 0.3) is 5.69 Å². The molecule has 0 unspecified atom stereocenters. The maximum absolute atomic E-state index is 12.0. The zero-order valence-electron chi connectivity index (χ0n) is 16.6. The van der Waals surface area contributed by atoms with Gasteiger partial charge in [-0.15, -0.1) is 0 Å². The highest BCUT2D eigenvalue weighted by molar-refractivity contribution is 7.92. The van der Waals surface area contributed by atoms with E-state index >= 15 is 0 Å². The average molecular weight is 448 g/mol. The van der Waals surface area contributed by atoms with Crippen molar-refractivity contribution in [1.82, 2.24) is 4.72 Å². The molecule has 0 radical (unpaired) electrons. The van der Waals surface area contributed by atoms with E-state index in [2.05, 4.69) is 4.72 Å². The lowest BCUT2D eigenvalue weighted by Crippen LogP contribution is -2.29. The van der Waals surface area contributed by atoms with Crippen LogP contribution in [0.15, 0.2) is 41.8 Å². The van der Waals surface area contributed by atoms with Gasteiger partial charge in [-0.1, -0.05) is 29.8 Å². The number of fused-ring (bicyclic) bond motifs is 1. The number of nitrogens with zero attached hydrogens (tertiary/aromatic N) is 1. The second-order valence-corrected chi connectivity index (χ2v) is 8.35. The van der Waals surface area contributed by atoms with Crippen LogP contribution in [0.3, 0.4) is 0 Å². The van der Waals surface area contributed by atoms with Crippen LogP contribution >= 0.6 is 0 Å². The van der Waals surface area contributed by atoms with E-state index in [1.165, 1.54) is 18.2 Å². The molecule has 11 heteroatoms. The van der Waals surface area contributed by atoms with Gasteiger partial charge in [-0.2, -0.15) is 0 Å². The highest BCUT2D eigenvalue weighted by atomic mass is 32.2. The molecule has 164 valence electrons. The molecule has 2 aromatic carbocycles. The number of ether oxygens (including phenoxy) is 3. The summed E-state index contributed by atoms with van der Waals surface area (Å²) in [5.41, 5.74) is 2.30. The Hall–Kier alpha value is -3.28. The summed E-state index contributed by atoms with van der Waals surface area (Å²) in [5, 5.41) is 12.1. The fraction of sp³-hybridized carbons (Fsp3) is 0.250. The minimum Gasteiger partial charge on any atom is -0.467 e. The summed E-state index contributed by atoms with van der Waals surface area (Å²) in [7, 11) is -3.86. The number of carbonyl (C=O) groups is 1. The summed E-state index contributed by atoms with van der Waals surface area (Å²) in [5.74, 6) is -0.495. The van der Waals surface area contributed by atoms with E-state index < -0.39 is 27.5 Å². The first-order chi connectivity index (χ1) is 14.7. The second-order valence-electron chi connectivity index (χ2n) is 6.70. The van der Waals surface area contributed by atoms with Gasteiger partial charge in [0.1, 0.15) is 18.9 Å². The molecule has 0 atom stereocenters. The molecule has 10 nitrogen and oxygen atoms in total. The van der Waals surface area contributed by atoms with Gasteiger partial charge in [-0.05, 0) is 18.6 Å². The maximum atomic E-state index is 12.0. The summed E-state index contributed by atoms with van der Waals surface area (Å²) in [6.45, 7) is 1.11. The van der Waals surface area contributed by atoms with Crippen molar-refractivity contribution in [3.8, 4) is 5.75 Å². The van der Waals surface area contributed by atoms with Gasteiger partial charge in [0.2, 0.25) is 10.0 Å². The fourth-order valence-electron chi connectivity index (χ4n) is 2.76. The molecule has 31 heavy (non-hydrogen) atoms. The van der Waals surface area contributed by atoms with Gasteiger partial charge in [0, 0.05) is 28.7 Å². The third-order valence-corrected chi connectivity index (χ3v) is 5.35. The Morgan fingerprint density at radius 3 is 2.74 bits per heavy atom. The van der Waals surface area contributed by atoms with E-state index in [0.29, 0.717) is 22.4 Å². The Morgan fingerprint density at radius 2 is 2.03 bits per heavy atom. The van der Waals surface area contributed by atoms with Crippen LogP contribution in [0.25, 0.3) is 6.08 Å². The van der Waals surface area contributed by atoms with Gasteiger partial charge in [-0.3, -0.25) is 14.9 Å². The van der Waals surface area contributed by atoms with Gasteiger partial charge in [0.05, 0.1) is 11.5 Å². The van der Waals surface area contributed by atoms with Gasteiger partial charge >= 0.3 is 5.97 Å². The number of rotatable bonds is 8. The maximum Gasteiger partial charge on any atom is 0.321 e. The minimum absolute atomic E-state index is 0.0289. The molecule has 0 spiro atoms. The summed E-state index contributed by atoms with van der Waals surface area (Å²) in [4.78, 5) is 22.5. The Bertz CT molecular complexity index is 1110. The van der Waals surface area contributed by atoms with Gasteiger partial charge < -0.3 is 14.2 Å². The summed E-state index contributed by atoms with van der Waals surface area (Å²) in [6, 6.07) is 9.80. The molecule has 0 aromatic heterocycles. The van der Waals surface area contributed by atoms with E-state index in [9.17, 15) is 23.3 Å². The zero-order chi connectivity index (χ0) is 22.4. The van der Waals surface area contributed by atoms with Crippen LogP contribution in [0.5, 0.6) is 5.75 Å². The molecule has 0 fully saturated rings. The monoisotopic (exact) mass is 448 g/mol. The van der Waals surface area contributed by atoms with Crippen molar-refractivity contribution in [3.05, 3.63) is 74.2 Å². The number of nitro groups is 1. The lowest BCUT2D eigenvalue weighted by molar-refractivity contribution is -0.385. The number of sulfonamides is 1. The molecule has 0 saturated heterocycles. The van der Waals surface area contributed by atoms with Gasteiger partial charge in [0.15, 0.2) is 6.79 Å². The standard InChI is InChI=1S/C20H20N2O8S/c1-14-2-4-15(5-3-14)6-7-31(26,27)21-10-19(23)29-12-17-9-18(22(24)25)8-16-11-28-13-30-20(16)17/h2-9,21H,10-13H2,1H3/b7-6+. The van der Waals surface area contributed by atoms with Gasteiger partial charge in [-0.25, -0.2) is 13.1 Å². The SMILES string of the molecule is Cc1ccc(/C=C/S(=O)(=O)NCC(=O)OCc2cc([N+](=O)[O-])cc3c2OCOC3)cc1. The molecule has 0 aliphatic carbocycles. The average Bonchev–Trinajstić information content (AvgIpc) is 2.75. The highest BCUT2D eigenvalue weighted by Crippen LogP contribution is 2.33. The van der Waals surface area contributed by atoms with E-state index in [4.69, 9.17) is 14.2 Å². The van der Waals surface area contributed by atoms with Crippen molar-refractivity contribution in [2.45, 2.75) is 20.1 Å². The molecular formula is C20H20N2O8S. The first-order valence-corrected chi connectivity index (χ1v) is 10.7. The summed E-state index contributed by atoms with van der Waals surface area (Å²) in [6.07, 6.45) is 1.40. The number of benzene rings is 2. The van der Waals surface area contributed by atoms with Crippen LogP contribution in [0.4, 0.5) is 5.69 Å². The Labute approximate surface area is 178 Å². The fourth-order valence-corrected chi connectivity index (χ4v) is 3.51. The number of nitrogens with one attached hydrogen (secondary N) is 1. The third kappa shape index (κ3) is 6.35. The predicted octanol–water partition coefficient (Wildman–Crippen LogP) is 2.40. The molecular weight excluding hydrogens is 428 g/mol. The lowest BCUT2D eigenvalue weighted by Gasteiger charge is -2.20. The predicted molar refractivity (Wildman–Crippen MR) is 110 cm³/mol. The molecule has 0 amide bonds. The summed E-state index contributed by atoms with van der Waals surface area (Å²) >= 11 is 0. The van der Waals surface area contributed by atoms with E-state index in [-0.39, 0.29) is 25.7 Å². The number of esters is 1. The van der Waals surface area contributed by atoms with Crippen molar-refractivity contribution in [2.24, 2.45) is 0 Å².